The van der Waals surface area contributed by atoms with Crippen molar-refractivity contribution in [2.75, 3.05) is 6.54 Å². The van der Waals surface area contributed by atoms with E-state index in [4.69, 9.17) is 10.5 Å². The summed E-state index contributed by atoms with van der Waals surface area (Å²) in [5.41, 5.74) is 6.62. The fraction of sp³-hybridized carbons (Fsp3) is 0.562. The molecule has 0 aliphatic carbocycles. The second kappa shape index (κ2) is 24.8. The number of nitrogens with two attached hydrogens (primary N) is 1. The van der Waals surface area contributed by atoms with E-state index >= 15 is 0 Å². The van der Waals surface area contributed by atoms with Gasteiger partial charge in [0.1, 0.15) is 54.1 Å². The SMILES string of the molecule is CC(C)CC(=O)N[C@@H](CCC(N)=O)C(=O)N[C@@H]1C(=O)N[C@@H](CC(C)C)C(=O)N2CCC[C@@H]2C(=O)NC(Cc2ccccc2)C(=O)NC(Cc2ccc(O)cc2)C(=O)N[C@@H](C(C)C)C(=O)OC1C. The van der Waals surface area contributed by atoms with Crippen LogP contribution in [0.15, 0.2) is 54.6 Å². The van der Waals surface area contributed by atoms with Gasteiger partial charge < -0.3 is 52.4 Å². The van der Waals surface area contributed by atoms with E-state index in [1.807, 2.05) is 13.8 Å². The molecule has 19 heteroatoms. The molecular weight excluding hydrogens is 865 g/mol. The third-order valence-electron chi connectivity index (χ3n) is 11.6. The molecule has 0 aromatic heterocycles. The zero-order chi connectivity index (χ0) is 49.5. The monoisotopic (exact) mass is 933 g/mol. The van der Waals surface area contributed by atoms with Crippen molar-refractivity contribution < 1.29 is 53.0 Å². The predicted molar refractivity (Wildman–Crippen MR) is 246 cm³/mol. The number of benzene rings is 2. The minimum atomic E-state index is -1.71. The summed E-state index contributed by atoms with van der Waals surface area (Å²) >= 11 is 0. The molecule has 67 heavy (non-hydrogen) atoms. The summed E-state index contributed by atoms with van der Waals surface area (Å²) in [6, 6.07) is 5.54. The number of phenolic OH excluding ortho intramolecular Hbond substituents is 1. The lowest BCUT2D eigenvalue weighted by atomic mass is 10.00. The molecule has 0 radical (unpaired) electrons. The van der Waals surface area contributed by atoms with Crippen LogP contribution in [0.3, 0.4) is 0 Å². The number of cyclic esters (lactones) is 1. The van der Waals surface area contributed by atoms with E-state index in [2.05, 4.69) is 31.9 Å². The largest absolute Gasteiger partial charge is 0.508 e. The zero-order valence-corrected chi connectivity index (χ0v) is 39.5. The predicted octanol–water partition coefficient (Wildman–Crippen LogP) is 1.04. The van der Waals surface area contributed by atoms with Gasteiger partial charge in [0.2, 0.25) is 47.3 Å². The van der Waals surface area contributed by atoms with Gasteiger partial charge in [-0.3, -0.25) is 38.4 Å². The van der Waals surface area contributed by atoms with Crippen LogP contribution < -0.4 is 37.6 Å². The average Bonchev–Trinajstić information content (AvgIpc) is 3.75. The van der Waals surface area contributed by atoms with Crippen LogP contribution in [0.4, 0.5) is 0 Å². The number of nitrogens with zero attached hydrogens (tertiary/aromatic N) is 1. The molecule has 2 fully saturated rings. The standard InChI is InChI=1S/C48H68N8O11/c1-26(2)22-36-47(65)56-21-11-14-37(56)45(63)52-34(24-30-12-9-8-10-13-30)43(61)51-35(25-31-15-17-32(57)18-16-31)44(62)54-40(28(5)6)48(66)67-29(7)41(46(64)53-36)55-42(60)33(19-20-38(49)58)50-39(59)23-27(3)4/h8-10,12-13,15-18,26-29,33-37,40-41,57H,11,14,19-25H2,1-7H3,(H2,49,58)(H,50,59)(H,51,61)(H,52,63)(H,53,64)(H,54,62)(H,55,60)/t29?,33-,34?,35?,36-,37+,40-,41-/m0/s1. The number of amides is 8. The molecule has 9 N–H and O–H groups in total. The number of rotatable bonds is 15. The Morgan fingerprint density at radius 3 is 1.94 bits per heavy atom. The lowest BCUT2D eigenvalue weighted by Crippen LogP contribution is -2.61. The van der Waals surface area contributed by atoms with Gasteiger partial charge in [-0.25, -0.2) is 4.79 Å². The number of fused-ring (bicyclic) bond motifs is 1. The van der Waals surface area contributed by atoms with Crippen molar-refractivity contribution in [3.8, 4) is 5.75 Å². The first-order valence-electron chi connectivity index (χ1n) is 23.1. The molecule has 8 amide bonds. The Morgan fingerprint density at radius 2 is 1.36 bits per heavy atom. The fourth-order valence-electron chi connectivity index (χ4n) is 8.04. The maximum atomic E-state index is 14.6. The minimum Gasteiger partial charge on any atom is -0.508 e. The number of carbonyl (C=O) groups excluding carboxylic acids is 9. The third-order valence-corrected chi connectivity index (χ3v) is 11.6. The van der Waals surface area contributed by atoms with E-state index in [9.17, 15) is 48.3 Å². The molecule has 2 aromatic carbocycles. The van der Waals surface area contributed by atoms with Crippen molar-refractivity contribution in [1.82, 2.24) is 36.8 Å². The lowest BCUT2D eigenvalue weighted by molar-refractivity contribution is -0.157. The maximum Gasteiger partial charge on any atom is 0.329 e. The number of primary amides is 1. The summed E-state index contributed by atoms with van der Waals surface area (Å²) in [7, 11) is 0. The van der Waals surface area contributed by atoms with Gasteiger partial charge in [-0.05, 0) is 73.6 Å². The quantitative estimate of drug-likeness (QED) is 0.117. The topological polar surface area (TPSA) is 285 Å². The van der Waals surface area contributed by atoms with Crippen molar-refractivity contribution in [3.63, 3.8) is 0 Å². The van der Waals surface area contributed by atoms with E-state index in [1.54, 1.807) is 70.2 Å². The summed E-state index contributed by atoms with van der Waals surface area (Å²) < 4.78 is 5.88. The van der Waals surface area contributed by atoms with Crippen LogP contribution in [0.2, 0.25) is 0 Å². The number of hydrogen-bond acceptors (Lipinski definition) is 11. The maximum absolute atomic E-state index is 14.6. The van der Waals surface area contributed by atoms with E-state index in [0.717, 1.165) is 0 Å². The Kier molecular flexibility index (Phi) is 19.7. The van der Waals surface area contributed by atoms with Gasteiger partial charge in [0.15, 0.2) is 0 Å². The Morgan fingerprint density at radius 1 is 0.776 bits per heavy atom. The van der Waals surface area contributed by atoms with Crippen LogP contribution in [0.5, 0.6) is 5.75 Å². The first-order valence-corrected chi connectivity index (χ1v) is 23.1. The van der Waals surface area contributed by atoms with Gasteiger partial charge in [0.25, 0.3) is 0 Å². The van der Waals surface area contributed by atoms with Crippen molar-refractivity contribution in [3.05, 3.63) is 65.7 Å². The first-order chi connectivity index (χ1) is 31.6. The first kappa shape index (κ1) is 53.1. The fourth-order valence-corrected chi connectivity index (χ4v) is 8.04. The molecule has 0 bridgehead atoms. The van der Waals surface area contributed by atoms with Gasteiger partial charge in [-0.1, -0.05) is 84.0 Å². The number of esters is 1. The number of ether oxygens (including phenoxy) is 1. The van der Waals surface area contributed by atoms with Crippen LogP contribution in [-0.2, 0) is 60.7 Å². The average molecular weight is 933 g/mol. The highest BCUT2D eigenvalue weighted by molar-refractivity contribution is 5.98. The molecule has 3 unspecified atom stereocenters. The van der Waals surface area contributed by atoms with Crippen LogP contribution >= 0.6 is 0 Å². The number of phenols is 1. The Labute approximate surface area is 391 Å². The van der Waals surface area contributed by atoms with E-state index in [1.165, 1.54) is 24.0 Å². The summed E-state index contributed by atoms with van der Waals surface area (Å²) in [4.78, 5) is 126. The molecule has 2 heterocycles. The molecule has 19 nitrogen and oxygen atoms in total. The van der Waals surface area contributed by atoms with E-state index < -0.39 is 108 Å². The van der Waals surface area contributed by atoms with Crippen molar-refractivity contribution in [1.29, 1.82) is 0 Å². The third kappa shape index (κ3) is 16.1. The van der Waals surface area contributed by atoms with Gasteiger partial charge in [0.05, 0.1) is 0 Å². The molecule has 4 rings (SSSR count). The number of nitrogens with one attached hydrogen (secondary N) is 6. The summed E-state index contributed by atoms with van der Waals surface area (Å²) in [5.74, 6) is -7.77. The van der Waals surface area contributed by atoms with Gasteiger partial charge in [-0.15, -0.1) is 0 Å². The normalized spacial score (nSPS) is 24.0. The minimum absolute atomic E-state index is 0.00932. The van der Waals surface area contributed by atoms with Crippen LogP contribution in [0.25, 0.3) is 0 Å². The molecule has 2 aromatic rings. The molecule has 0 saturated carbocycles. The Bertz CT molecular complexity index is 2080. The summed E-state index contributed by atoms with van der Waals surface area (Å²) in [6.45, 7) is 12.0. The number of hydrogen-bond donors (Lipinski definition) is 8. The summed E-state index contributed by atoms with van der Waals surface area (Å²) in [5, 5.41) is 26.2. The van der Waals surface area contributed by atoms with Gasteiger partial charge in [0, 0.05) is 32.2 Å². The Hall–Kier alpha value is -6.53. The lowest BCUT2D eigenvalue weighted by Gasteiger charge is -2.32. The summed E-state index contributed by atoms with van der Waals surface area (Å²) in [6.07, 6.45) is -1.30. The van der Waals surface area contributed by atoms with Crippen molar-refractivity contribution in [2.24, 2.45) is 23.5 Å². The number of carbonyl (C=O) groups is 9. The second-order valence-corrected chi connectivity index (χ2v) is 18.6. The van der Waals surface area contributed by atoms with Crippen molar-refractivity contribution >= 4 is 53.2 Å². The van der Waals surface area contributed by atoms with E-state index in [-0.39, 0.29) is 69.1 Å². The second-order valence-electron chi connectivity index (χ2n) is 18.6. The molecule has 366 valence electrons. The van der Waals surface area contributed by atoms with Gasteiger partial charge in [-0.2, -0.15) is 0 Å². The van der Waals surface area contributed by atoms with Crippen molar-refractivity contribution in [2.45, 2.75) is 148 Å². The number of aromatic hydroxyl groups is 1. The highest BCUT2D eigenvalue weighted by Crippen LogP contribution is 2.22. The van der Waals surface area contributed by atoms with E-state index in [0.29, 0.717) is 17.5 Å². The molecule has 8 atom stereocenters. The van der Waals surface area contributed by atoms with Crippen LogP contribution in [-0.4, -0.2) is 118 Å². The smallest absolute Gasteiger partial charge is 0.329 e. The zero-order valence-electron chi connectivity index (χ0n) is 39.5. The van der Waals surface area contributed by atoms with Crippen LogP contribution in [0, 0.1) is 17.8 Å². The molecule has 2 aliphatic rings. The molecule has 2 saturated heterocycles. The molecule has 2 aliphatic heterocycles. The van der Waals surface area contributed by atoms with Gasteiger partial charge >= 0.3 is 5.97 Å². The van der Waals surface area contributed by atoms with Crippen LogP contribution in [0.1, 0.15) is 98.1 Å². The Balaban J connectivity index is 1.82. The molecule has 0 spiro atoms. The highest BCUT2D eigenvalue weighted by atomic mass is 16.5. The highest BCUT2D eigenvalue weighted by Gasteiger charge is 2.42. The molecular formula is C48H68N8O11.